The Morgan fingerprint density at radius 1 is 1.12 bits per heavy atom. The Hall–Kier alpha value is -2.35. The number of rotatable bonds is 7. The van der Waals surface area contributed by atoms with Crippen LogP contribution in [0.2, 0.25) is 0 Å². The highest BCUT2D eigenvalue weighted by molar-refractivity contribution is 7.92. The van der Waals surface area contributed by atoms with E-state index in [0.29, 0.717) is 11.6 Å². The van der Waals surface area contributed by atoms with E-state index in [9.17, 15) is 8.42 Å². The first-order valence-electron chi connectivity index (χ1n) is 8.05. The fourth-order valence-electron chi connectivity index (χ4n) is 2.14. The molecule has 8 heteroatoms. The molecule has 1 heterocycles. The number of sulfonamides is 1. The van der Waals surface area contributed by atoms with Crippen molar-refractivity contribution >= 4 is 21.7 Å². The van der Waals surface area contributed by atoms with E-state index in [1.807, 2.05) is 20.8 Å². The van der Waals surface area contributed by atoms with E-state index in [2.05, 4.69) is 27.2 Å². The lowest BCUT2D eigenvalue weighted by molar-refractivity contribution is 0.402. The molecule has 1 aromatic heterocycles. The molecular formula is C17H24N4O3S. The largest absolute Gasteiger partial charge is 0.495 e. The SMILES string of the molecule is CCC(C)Nc1ccc(NS(=O)(=O)c2cc(C)c(C)cc2OC)nn1. The van der Waals surface area contributed by atoms with E-state index < -0.39 is 10.0 Å². The Balaban J connectivity index is 2.26. The van der Waals surface area contributed by atoms with E-state index in [1.165, 1.54) is 7.11 Å². The lowest BCUT2D eigenvalue weighted by Crippen LogP contribution is -2.17. The van der Waals surface area contributed by atoms with E-state index in [-0.39, 0.29) is 16.8 Å². The second kappa shape index (κ2) is 7.69. The molecule has 0 aliphatic heterocycles. The number of anilines is 2. The summed E-state index contributed by atoms with van der Waals surface area (Å²) in [5.74, 6) is 1.04. The van der Waals surface area contributed by atoms with Crippen LogP contribution in [0.3, 0.4) is 0 Å². The van der Waals surface area contributed by atoms with E-state index in [0.717, 1.165) is 17.5 Å². The first-order valence-corrected chi connectivity index (χ1v) is 9.53. The van der Waals surface area contributed by atoms with E-state index in [4.69, 9.17) is 4.74 Å². The summed E-state index contributed by atoms with van der Waals surface area (Å²) in [6.07, 6.45) is 0.947. The molecule has 1 atom stereocenters. The fourth-order valence-corrected chi connectivity index (χ4v) is 3.38. The zero-order valence-corrected chi connectivity index (χ0v) is 15.9. The maximum absolute atomic E-state index is 12.7. The molecule has 0 aliphatic carbocycles. The van der Waals surface area contributed by atoms with Crippen molar-refractivity contribution in [2.45, 2.75) is 45.1 Å². The van der Waals surface area contributed by atoms with Gasteiger partial charge in [-0.25, -0.2) is 8.42 Å². The van der Waals surface area contributed by atoms with Crippen LogP contribution in [0.4, 0.5) is 11.6 Å². The molecule has 0 amide bonds. The maximum Gasteiger partial charge on any atom is 0.266 e. The van der Waals surface area contributed by atoms with Crippen molar-refractivity contribution in [3.63, 3.8) is 0 Å². The minimum Gasteiger partial charge on any atom is -0.495 e. The molecule has 1 aromatic carbocycles. The number of methoxy groups -OCH3 is 1. The van der Waals surface area contributed by atoms with Gasteiger partial charge in [-0.2, -0.15) is 0 Å². The van der Waals surface area contributed by atoms with Gasteiger partial charge in [0, 0.05) is 6.04 Å². The van der Waals surface area contributed by atoms with Crippen LogP contribution in [0.5, 0.6) is 5.75 Å². The zero-order chi connectivity index (χ0) is 18.6. The summed E-state index contributed by atoms with van der Waals surface area (Å²) in [6.45, 7) is 7.84. The van der Waals surface area contributed by atoms with Gasteiger partial charge in [0.2, 0.25) is 0 Å². The highest BCUT2D eigenvalue weighted by Gasteiger charge is 2.21. The summed E-state index contributed by atoms with van der Waals surface area (Å²) >= 11 is 0. The smallest absolute Gasteiger partial charge is 0.266 e. The van der Waals surface area contributed by atoms with Crippen molar-refractivity contribution in [3.8, 4) is 5.75 Å². The third-order valence-electron chi connectivity index (χ3n) is 3.98. The second-order valence-electron chi connectivity index (χ2n) is 5.95. The van der Waals surface area contributed by atoms with E-state index in [1.54, 1.807) is 24.3 Å². The molecule has 0 radical (unpaired) electrons. The van der Waals surface area contributed by atoms with Gasteiger partial charge in [-0.05, 0) is 62.6 Å². The standard InChI is InChI=1S/C17H24N4O3S/c1-6-13(4)18-16-7-8-17(20-19-16)21-25(22,23)15-10-12(3)11(2)9-14(15)24-5/h7-10,13H,6H2,1-5H3,(H,18,19)(H,20,21). The molecule has 2 rings (SSSR count). The molecule has 0 aliphatic rings. The monoisotopic (exact) mass is 364 g/mol. The summed E-state index contributed by atoms with van der Waals surface area (Å²) < 4.78 is 33.0. The number of ether oxygens (including phenoxy) is 1. The van der Waals surface area contributed by atoms with Crippen molar-refractivity contribution in [3.05, 3.63) is 35.4 Å². The molecule has 2 aromatic rings. The highest BCUT2D eigenvalue weighted by atomic mass is 32.2. The van der Waals surface area contributed by atoms with Crippen LogP contribution in [0.25, 0.3) is 0 Å². The summed E-state index contributed by atoms with van der Waals surface area (Å²) in [5.41, 5.74) is 1.82. The molecule has 2 N–H and O–H groups in total. The molecule has 25 heavy (non-hydrogen) atoms. The van der Waals surface area contributed by atoms with Gasteiger partial charge in [-0.15, -0.1) is 10.2 Å². The van der Waals surface area contributed by atoms with Crippen molar-refractivity contribution in [1.29, 1.82) is 0 Å². The molecule has 1 unspecified atom stereocenters. The molecule has 0 saturated carbocycles. The first kappa shape index (κ1) is 19.0. The number of hydrogen-bond donors (Lipinski definition) is 2. The summed E-state index contributed by atoms with van der Waals surface area (Å²) in [6, 6.07) is 6.81. The Kier molecular flexibility index (Phi) is 5.84. The predicted octanol–water partition coefficient (Wildman–Crippen LogP) is 3.11. The molecule has 0 fully saturated rings. The van der Waals surface area contributed by atoms with Crippen LogP contribution in [0.1, 0.15) is 31.4 Å². The molecular weight excluding hydrogens is 340 g/mol. The van der Waals surface area contributed by atoms with Crippen molar-refractivity contribution < 1.29 is 13.2 Å². The van der Waals surface area contributed by atoms with Crippen molar-refractivity contribution in [2.24, 2.45) is 0 Å². The third-order valence-corrected chi connectivity index (χ3v) is 5.36. The number of benzene rings is 1. The predicted molar refractivity (Wildman–Crippen MR) is 98.7 cm³/mol. The average molecular weight is 364 g/mol. The Bertz CT molecular complexity index is 836. The summed E-state index contributed by atoms with van der Waals surface area (Å²) in [4.78, 5) is 0.0710. The summed E-state index contributed by atoms with van der Waals surface area (Å²) in [5, 5.41) is 11.1. The van der Waals surface area contributed by atoms with Gasteiger partial charge < -0.3 is 10.1 Å². The molecule has 0 saturated heterocycles. The number of nitrogens with zero attached hydrogens (tertiary/aromatic N) is 2. The number of nitrogens with one attached hydrogen (secondary N) is 2. The molecule has 7 nitrogen and oxygen atoms in total. The number of hydrogen-bond acceptors (Lipinski definition) is 6. The normalized spacial score (nSPS) is 12.5. The van der Waals surface area contributed by atoms with Gasteiger partial charge in [0.15, 0.2) is 5.82 Å². The van der Waals surface area contributed by atoms with E-state index >= 15 is 0 Å². The molecule has 0 bridgehead atoms. The van der Waals surface area contributed by atoms with Crippen molar-refractivity contribution in [2.75, 3.05) is 17.1 Å². The maximum atomic E-state index is 12.7. The number of aryl methyl sites for hydroxylation is 2. The second-order valence-corrected chi connectivity index (χ2v) is 7.60. The van der Waals surface area contributed by atoms with Gasteiger partial charge in [-0.1, -0.05) is 6.92 Å². The Morgan fingerprint density at radius 3 is 2.28 bits per heavy atom. The first-order chi connectivity index (χ1) is 11.8. The zero-order valence-electron chi connectivity index (χ0n) is 15.1. The van der Waals surface area contributed by atoms with Crippen LogP contribution in [-0.4, -0.2) is 31.8 Å². The third kappa shape index (κ3) is 4.60. The van der Waals surface area contributed by atoms with Crippen LogP contribution in [-0.2, 0) is 10.0 Å². The lowest BCUT2D eigenvalue weighted by atomic mass is 10.1. The van der Waals surface area contributed by atoms with Gasteiger partial charge in [0.25, 0.3) is 10.0 Å². The van der Waals surface area contributed by atoms with Gasteiger partial charge in [0.1, 0.15) is 16.5 Å². The quantitative estimate of drug-likeness (QED) is 0.784. The molecule has 136 valence electrons. The Labute approximate surface area is 148 Å². The number of aromatic nitrogens is 2. The Morgan fingerprint density at radius 2 is 1.72 bits per heavy atom. The highest BCUT2D eigenvalue weighted by Crippen LogP contribution is 2.28. The molecule has 0 spiro atoms. The topological polar surface area (TPSA) is 93.2 Å². The average Bonchev–Trinajstić information content (AvgIpc) is 2.58. The minimum atomic E-state index is -3.83. The summed E-state index contributed by atoms with van der Waals surface area (Å²) in [7, 11) is -2.39. The fraction of sp³-hybridized carbons (Fsp3) is 0.412. The van der Waals surface area contributed by atoms with Crippen molar-refractivity contribution in [1.82, 2.24) is 10.2 Å². The van der Waals surface area contributed by atoms with Gasteiger partial charge >= 0.3 is 0 Å². The van der Waals surface area contributed by atoms with Crippen LogP contribution in [0, 0.1) is 13.8 Å². The van der Waals surface area contributed by atoms with Crippen LogP contribution >= 0.6 is 0 Å². The lowest BCUT2D eigenvalue weighted by Gasteiger charge is -2.14. The van der Waals surface area contributed by atoms with Gasteiger partial charge in [0.05, 0.1) is 7.11 Å². The van der Waals surface area contributed by atoms with Crippen LogP contribution in [0.15, 0.2) is 29.2 Å². The van der Waals surface area contributed by atoms with Gasteiger partial charge in [-0.3, -0.25) is 4.72 Å². The minimum absolute atomic E-state index is 0.0710. The van der Waals surface area contributed by atoms with Crippen LogP contribution < -0.4 is 14.8 Å².